The number of carbonyl (C=O) groups is 1. The van der Waals surface area contributed by atoms with E-state index in [1.807, 2.05) is 0 Å². The lowest BCUT2D eigenvalue weighted by Gasteiger charge is -2.21. The van der Waals surface area contributed by atoms with Crippen molar-refractivity contribution < 1.29 is 14.6 Å². The van der Waals surface area contributed by atoms with Crippen LogP contribution in [0.3, 0.4) is 0 Å². The van der Waals surface area contributed by atoms with Crippen molar-refractivity contribution >= 4 is 16.7 Å². The van der Waals surface area contributed by atoms with Gasteiger partial charge in [-0.3, -0.25) is 4.79 Å². The van der Waals surface area contributed by atoms with Crippen molar-refractivity contribution in [3.63, 3.8) is 0 Å². The monoisotopic (exact) mass is 456 g/mol. The van der Waals surface area contributed by atoms with E-state index in [0.29, 0.717) is 31.9 Å². The van der Waals surface area contributed by atoms with Gasteiger partial charge in [-0.25, -0.2) is 0 Å². The van der Waals surface area contributed by atoms with E-state index >= 15 is 0 Å². The Morgan fingerprint density at radius 3 is 2.64 bits per heavy atom. The molecule has 0 saturated heterocycles. The van der Waals surface area contributed by atoms with Crippen LogP contribution in [0.1, 0.15) is 76.8 Å². The molecule has 3 atom stereocenters. The summed E-state index contributed by atoms with van der Waals surface area (Å²) in [7, 11) is 0. The Hall–Kier alpha value is -1.95. The quantitative estimate of drug-likeness (QED) is 0.307. The van der Waals surface area contributed by atoms with Gasteiger partial charge < -0.3 is 20.9 Å². The summed E-state index contributed by atoms with van der Waals surface area (Å²) >= 11 is 0. The standard InChI is InChI=1S/C28H44N2O3/c1-4-7-14-30-28(32)27(31)13-12-25(29)19-21(6-3)16-22-17-23-10-8-9-11-26(23)24(18-22)20-33-15-5-2/h8-11,17-18,21,25,27,31H,4-7,12-16,19-20,29H2,1-3H3,(H,30,32)/t21-,25-,27-/m0/s1. The highest BCUT2D eigenvalue weighted by Crippen LogP contribution is 2.26. The summed E-state index contributed by atoms with van der Waals surface area (Å²) in [6.07, 6.45) is 5.94. The van der Waals surface area contributed by atoms with E-state index < -0.39 is 6.10 Å². The fourth-order valence-corrected chi connectivity index (χ4v) is 4.30. The first-order chi connectivity index (χ1) is 16.0. The number of nitrogens with two attached hydrogens (primary N) is 1. The number of hydrogen-bond acceptors (Lipinski definition) is 4. The molecule has 5 nitrogen and oxygen atoms in total. The molecule has 0 aliphatic rings. The van der Waals surface area contributed by atoms with Crippen LogP contribution in [0.25, 0.3) is 10.8 Å². The van der Waals surface area contributed by atoms with E-state index in [-0.39, 0.29) is 11.9 Å². The van der Waals surface area contributed by atoms with Gasteiger partial charge in [0.2, 0.25) is 5.91 Å². The second-order valence-corrected chi connectivity index (χ2v) is 9.24. The molecule has 0 saturated carbocycles. The normalized spacial score (nSPS) is 14.2. The average Bonchev–Trinajstić information content (AvgIpc) is 2.82. The Kier molecular flexibility index (Phi) is 12.4. The maximum Gasteiger partial charge on any atom is 0.248 e. The van der Waals surface area contributed by atoms with Gasteiger partial charge in [0.15, 0.2) is 0 Å². The number of rotatable bonds is 16. The molecule has 33 heavy (non-hydrogen) atoms. The second-order valence-electron chi connectivity index (χ2n) is 9.24. The lowest BCUT2D eigenvalue weighted by Crippen LogP contribution is -2.36. The maximum absolute atomic E-state index is 12.0. The molecule has 4 N–H and O–H groups in total. The van der Waals surface area contributed by atoms with Gasteiger partial charge in [0, 0.05) is 19.2 Å². The molecule has 0 unspecified atom stereocenters. The minimum absolute atomic E-state index is 0.0270. The van der Waals surface area contributed by atoms with Crippen molar-refractivity contribution in [1.82, 2.24) is 5.32 Å². The van der Waals surface area contributed by atoms with Crippen LogP contribution in [0.2, 0.25) is 0 Å². The molecular weight excluding hydrogens is 412 g/mol. The molecular formula is C28H44N2O3. The fourth-order valence-electron chi connectivity index (χ4n) is 4.30. The van der Waals surface area contributed by atoms with Crippen molar-refractivity contribution in [3.8, 4) is 0 Å². The SMILES string of the molecule is CCCCNC(=O)[C@@H](O)CC[C@H](N)C[C@@H](CC)Cc1cc(COCCC)c2ccccc2c1. The highest BCUT2D eigenvalue weighted by molar-refractivity contribution is 5.86. The van der Waals surface area contributed by atoms with E-state index in [1.54, 1.807) is 0 Å². The summed E-state index contributed by atoms with van der Waals surface area (Å²) in [5.74, 6) is 0.178. The Morgan fingerprint density at radius 2 is 1.91 bits per heavy atom. The summed E-state index contributed by atoms with van der Waals surface area (Å²) in [6, 6.07) is 13.1. The van der Waals surface area contributed by atoms with Gasteiger partial charge in [0.1, 0.15) is 6.10 Å². The molecule has 5 heteroatoms. The largest absolute Gasteiger partial charge is 0.383 e. The minimum atomic E-state index is -0.973. The number of nitrogens with one attached hydrogen (secondary N) is 1. The lowest BCUT2D eigenvalue weighted by atomic mass is 9.87. The number of aliphatic hydroxyl groups excluding tert-OH is 1. The predicted octanol–water partition coefficient (Wildman–Crippen LogP) is 5.11. The van der Waals surface area contributed by atoms with Gasteiger partial charge in [-0.05, 0) is 66.3 Å². The Bertz CT molecular complexity index is 839. The lowest BCUT2D eigenvalue weighted by molar-refractivity contribution is -0.129. The second kappa shape index (κ2) is 15.0. The Labute approximate surface area is 200 Å². The van der Waals surface area contributed by atoms with E-state index in [4.69, 9.17) is 10.5 Å². The van der Waals surface area contributed by atoms with Gasteiger partial charge in [-0.2, -0.15) is 0 Å². The molecule has 0 radical (unpaired) electrons. The van der Waals surface area contributed by atoms with Crippen LogP contribution in [0.4, 0.5) is 0 Å². The van der Waals surface area contributed by atoms with Gasteiger partial charge in [-0.1, -0.05) is 70.0 Å². The number of aliphatic hydroxyl groups is 1. The number of amides is 1. The molecule has 0 aliphatic heterocycles. The average molecular weight is 457 g/mol. The van der Waals surface area contributed by atoms with Crippen molar-refractivity contribution in [2.24, 2.45) is 11.7 Å². The minimum Gasteiger partial charge on any atom is -0.383 e. The maximum atomic E-state index is 12.0. The van der Waals surface area contributed by atoms with Crippen molar-refractivity contribution in [2.75, 3.05) is 13.2 Å². The number of hydrogen-bond donors (Lipinski definition) is 3. The zero-order valence-corrected chi connectivity index (χ0v) is 20.8. The molecule has 2 aromatic rings. The van der Waals surface area contributed by atoms with Gasteiger partial charge in [0.05, 0.1) is 6.61 Å². The van der Waals surface area contributed by atoms with Crippen LogP contribution in [0, 0.1) is 5.92 Å². The molecule has 0 spiro atoms. The first-order valence-electron chi connectivity index (χ1n) is 12.8. The summed E-state index contributed by atoms with van der Waals surface area (Å²) in [6.45, 7) is 8.43. The molecule has 0 aromatic heterocycles. The van der Waals surface area contributed by atoms with Crippen LogP contribution >= 0.6 is 0 Å². The van der Waals surface area contributed by atoms with Crippen molar-refractivity contribution in [1.29, 1.82) is 0 Å². The van der Waals surface area contributed by atoms with Crippen LogP contribution in [0.5, 0.6) is 0 Å². The smallest absolute Gasteiger partial charge is 0.248 e. The summed E-state index contributed by atoms with van der Waals surface area (Å²) < 4.78 is 5.86. The summed E-state index contributed by atoms with van der Waals surface area (Å²) in [5, 5.41) is 15.4. The number of benzene rings is 2. The highest BCUT2D eigenvalue weighted by atomic mass is 16.5. The first-order valence-corrected chi connectivity index (χ1v) is 12.8. The zero-order chi connectivity index (χ0) is 24.1. The van der Waals surface area contributed by atoms with Gasteiger partial charge >= 0.3 is 0 Å². The van der Waals surface area contributed by atoms with Crippen LogP contribution in [-0.4, -0.2) is 36.3 Å². The summed E-state index contributed by atoms with van der Waals surface area (Å²) in [4.78, 5) is 12.0. The molecule has 1 amide bonds. The van der Waals surface area contributed by atoms with E-state index in [1.165, 1.54) is 21.9 Å². The number of fused-ring (bicyclic) bond motifs is 1. The molecule has 184 valence electrons. The molecule has 0 fully saturated rings. The number of unbranched alkanes of at least 4 members (excludes halogenated alkanes) is 1. The third-order valence-electron chi connectivity index (χ3n) is 6.29. The van der Waals surface area contributed by atoms with Crippen molar-refractivity contribution in [3.05, 3.63) is 47.5 Å². The Balaban J connectivity index is 1.94. The van der Waals surface area contributed by atoms with Crippen molar-refractivity contribution in [2.45, 2.75) is 90.9 Å². The van der Waals surface area contributed by atoms with Gasteiger partial charge in [0.25, 0.3) is 0 Å². The third kappa shape index (κ3) is 9.44. The zero-order valence-electron chi connectivity index (χ0n) is 20.8. The topological polar surface area (TPSA) is 84.6 Å². The predicted molar refractivity (Wildman–Crippen MR) is 137 cm³/mol. The third-order valence-corrected chi connectivity index (χ3v) is 6.29. The molecule has 0 heterocycles. The van der Waals surface area contributed by atoms with E-state index in [9.17, 15) is 9.90 Å². The molecule has 2 rings (SSSR count). The molecule has 2 aromatic carbocycles. The molecule has 0 bridgehead atoms. The number of ether oxygens (including phenoxy) is 1. The van der Waals surface area contributed by atoms with Crippen LogP contribution in [-0.2, 0) is 22.6 Å². The Morgan fingerprint density at radius 1 is 1.12 bits per heavy atom. The fraction of sp³-hybridized carbons (Fsp3) is 0.607. The van der Waals surface area contributed by atoms with Gasteiger partial charge in [-0.15, -0.1) is 0 Å². The van der Waals surface area contributed by atoms with E-state index in [2.05, 4.69) is 62.5 Å². The molecule has 0 aliphatic carbocycles. The summed E-state index contributed by atoms with van der Waals surface area (Å²) in [5.41, 5.74) is 8.97. The first kappa shape index (κ1) is 27.3. The number of carbonyl (C=O) groups excluding carboxylic acids is 1. The van der Waals surface area contributed by atoms with Crippen LogP contribution < -0.4 is 11.1 Å². The highest BCUT2D eigenvalue weighted by Gasteiger charge is 2.18. The van der Waals surface area contributed by atoms with E-state index in [0.717, 1.165) is 45.1 Å². The van der Waals surface area contributed by atoms with Crippen LogP contribution in [0.15, 0.2) is 36.4 Å².